The first kappa shape index (κ1) is 36.3. The number of carbonyl (C=O) groups excluding carboxylic acids is 3. The van der Waals surface area contributed by atoms with E-state index in [-0.39, 0.29) is 11.8 Å². The number of ether oxygens (including phenoxy) is 2. The SMILES string of the molecule is CCCCCCCCCCCCCCCCCC(=O)Nc1ccc(C(=O)Nc2ccccc2Oc2cccc(C(=O)OC)c2)cc1. The highest BCUT2D eigenvalue weighted by Crippen LogP contribution is 2.30. The van der Waals surface area contributed by atoms with Crippen molar-refractivity contribution in [2.75, 3.05) is 17.7 Å². The van der Waals surface area contributed by atoms with E-state index in [4.69, 9.17) is 9.47 Å². The normalized spacial score (nSPS) is 10.7. The summed E-state index contributed by atoms with van der Waals surface area (Å²) in [6.45, 7) is 2.27. The van der Waals surface area contributed by atoms with Crippen molar-refractivity contribution in [2.24, 2.45) is 0 Å². The average Bonchev–Trinajstić information content (AvgIpc) is 3.07. The number of para-hydroxylation sites is 2. The van der Waals surface area contributed by atoms with E-state index in [1.165, 1.54) is 90.6 Å². The predicted molar refractivity (Wildman–Crippen MR) is 187 cm³/mol. The van der Waals surface area contributed by atoms with Gasteiger partial charge in [-0.3, -0.25) is 9.59 Å². The van der Waals surface area contributed by atoms with E-state index in [1.807, 2.05) is 0 Å². The maximum absolute atomic E-state index is 13.0. The van der Waals surface area contributed by atoms with Crippen LogP contribution in [0.3, 0.4) is 0 Å². The summed E-state index contributed by atoms with van der Waals surface area (Å²) < 4.78 is 10.7. The van der Waals surface area contributed by atoms with Gasteiger partial charge in [0.1, 0.15) is 5.75 Å². The standard InChI is InChI=1S/C39H52N2O5/c1-3-4-5-6-7-8-9-10-11-12-13-14-15-16-17-25-37(42)40-33-28-26-31(27-29-33)38(43)41-35-23-18-19-24-36(35)46-34-22-20-21-32(30-34)39(44)45-2/h18-24,26-30H,3-17,25H2,1-2H3,(H,40,42)(H,41,43). The summed E-state index contributed by atoms with van der Waals surface area (Å²) in [5, 5.41) is 5.82. The number of anilines is 2. The molecular formula is C39H52N2O5. The quantitative estimate of drug-likeness (QED) is 0.0853. The third kappa shape index (κ3) is 13.9. The third-order valence-corrected chi connectivity index (χ3v) is 8.06. The molecule has 0 saturated heterocycles. The molecule has 7 nitrogen and oxygen atoms in total. The van der Waals surface area contributed by atoms with Crippen LogP contribution in [0.2, 0.25) is 0 Å². The van der Waals surface area contributed by atoms with Crippen LogP contribution < -0.4 is 15.4 Å². The molecule has 0 unspecified atom stereocenters. The highest BCUT2D eigenvalue weighted by Gasteiger charge is 2.13. The smallest absolute Gasteiger partial charge is 0.337 e. The van der Waals surface area contributed by atoms with E-state index < -0.39 is 5.97 Å². The molecule has 0 spiro atoms. The molecule has 0 saturated carbocycles. The third-order valence-electron chi connectivity index (χ3n) is 8.06. The van der Waals surface area contributed by atoms with Crippen LogP contribution >= 0.6 is 0 Å². The number of hydrogen-bond donors (Lipinski definition) is 2. The Morgan fingerprint density at radius 3 is 1.80 bits per heavy atom. The molecule has 248 valence electrons. The molecule has 3 aromatic carbocycles. The molecule has 0 radical (unpaired) electrons. The zero-order valence-corrected chi connectivity index (χ0v) is 27.8. The van der Waals surface area contributed by atoms with Crippen molar-refractivity contribution in [3.05, 3.63) is 83.9 Å². The lowest BCUT2D eigenvalue weighted by Gasteiger charge is -2.13. The van der Waals surface area contributed by atoms with E-state index >= 15 is 0 Å². The minimum atomic E-state index is -0.461. The van der Waals surface area contributed by atoms with E-state index in [1.54, 1.807) is 72.8 Å². The number of unbranched alkanes of at least 4 members (excludes halogenated alkanes) is 14. The monoisotopic (exact) mass is 628 g/mol. The van der Waals surface area contributed by atoms with Crippen molar-refractivity contribution >= 4 is 29.2 Å². The maximum Gasteiger partial charge on any atom is 0.337 e. The van der Waals surface area contributed by atoms with Gasteiger partial charge in [0.15, 0.2) is 5.75 Å². The Kier molecular flexibility index (Phi) is 17.0. The second-order valence-corrected chi connectivity index (χ2v) is 11.9. The van der Waals surface area contributed by atoms with Crippen molar-refractivity contribution in [1.29, 1.82) is 0 Å². The van der Waals surface area contributed by atoms with Crippen molar-refractivity contribution < 1.29 is 23.9 Å². The summed E-state index contributed by atoms with van der Waals surface area (Å²) in [5.41, 5.74) is 1.96. The number of benzene rings is 3. The molecule has 7 heteroatoms. The largest absolute Gasteiger partial charge is 0.465 e. The predicted octanol–water partition coefficient (Wildman–Crippen LogP) is 10.7. The molecule has 2 N–H and O–H groups in total. The van der Waals surface area contributed by atoms with E-state index in [9.17, 15) is 14.4 Å². The summed E-state index contributed by atoms with van der Waals surface area (Å²) in [6, 6.07) is 20.5. The van der Waals surface area contributed by atoms with Gasteiger partial charge in [0, 0.05) is 17.7 Å². The number of methoxy groups -OCH3 is 1. The lowest BCUT2D eigenvalue weighted by Crippen LogP contribution is -2.14. The second kappa shape index (κ2) is 21.6. The minimum Gasteiger partial charge on any atom is -0.465 e. The summed E-state index contributed by atoms with van der Waals surface area (Å²) >= 11 is 0. The van der Waals surface area contributed by atoms with Crippen molar-refractivity contribution in [1.82, 2.24) is 0 Å². The summed E-state index contributed by atoms with van der Waals surface area (Å²) in [4.78, 5) is 37.3. The van der Waals surface area contributed by atoms with E-state index in [2.05, 4.69) is 17.6 Å². The van der Waals surface area contributed by atoms with Crippen LogP contribution in [-0.2, 0) is 9.53 Å². The Morgan fingerprint density at radius 2 is 1.20 bits per heavy atom. The molecule has 0 aliphatic rings. The molecule has 3 rings (SSSR count). The first-order valence-corrected chi connectivity index (χ1v) is 17.2. The number of esters is 1. The topological polar surface area (TPSA) is 93.7 Å². The Labute approximate surface area is 275 Å². The molecule has 0 aromatic heterocycles. The van der Waals surface area contributed by atoms with Gasteiger partial charge in [-0.15, -0.1) is 0 Å². The summed E-state index contributed by atoms with van der Waals surface area (Å²) in [6.07, 6.45) is 20.0. The Bertz CT molecular complexity index is 1340. The molecule has 0 bridgehead atoms. The summed E-state index contributed by atoms with van der Waals surface area (Å²) in [5.74, 6) is 0.0931. The van der Waals surface area contributed by atoms with Gasteiger partial charge in [-0.2, -0.15) is 0 Å². The van der Waals surface area contributed by atoms with Crippen LogP contribution in [0.25, 0.3) is 0 Å². The lowest BCUT2D eigenvalue weighted by atomic mass is 10.0. The number of hydrogen-bond acceptors (Lipinski definition) is 5. The number of rotatable bonds is 22. The van der Waals surface area contributed by atoms with Gasteiger partial charge in [-0.25, -0.2) is 4.79 Å². The highest BCUT2D eigenvalue weighted by atomic mass is 16.5. The van der Waals surface area contributed by atoms with E-state index in [0.717, 1.165) is 12.8 Å². The fourth-order valence-corrected chi connectivity index (χ4v) is 5.37. The summed E-state index contributed by atoms with van der Waals surface area (Å²) in [7, 11) is 1.32. The van der Waals surface area contributed by atoms with Crippen LogP contribution in [0, 0.1) is 0 Å². The Balaban J connectivity index is 1.31. The molecular weight excluding hydrogens is 576 g/mol. The fraction of sp³-hybridized carbons (Fsp3) is 0.462. The molecule has 0 fully saturated rings. The van der Waals surface area contributed by atoms with Gasteiger partial charge in [0.2, 0.25) is 5.91 Å². The maximum atomic E-state index is 13.0. The molecule has 0 heterocycles. The van der Waals surface area contributed by atoms with Crippen LogP contribution in [0.1, 0.15) is 130 Å². The zero-order chi connectivity index (χ0) is 32.8. The minimum absolute atomic E-state index is 0.00533. The van der Waals surface area contributed by atoms with Crippen LogP contribution in [0.15, 0.2) is 72.8 Å². The van der Waals surface area contributed by atoms with Crippen molar-refractivity contribution in [3.8, 4) is 11.5 Å². The fourth-order valence-electron chi connectivity index (χ4n) is 5.37. The van der Waals surface area contributed by atoms with E-state index in [0.29, 0.717) is 40.4 Å². The zero-order valence-electron chi connectivity index (χ0n) is 27.8. The number of amides is 2. The van der Waals surface area contributed by atoms with Gasteiger partial charge in [0.05, 0.1) is 18.4 Å². The molecule has 2 amide bonds. The van der Waals surface area contributed by atoms with Gasteiger partial charge >= 0.3 is 5.97 Å². The second-order valence-electron chi connectivity index (χ2n) is 11.9. The Morgan fingerprint density at radius 1 is 0.609 bits per heavy atom. The molecule has 46 heavy (non-hydrogen) atoms. The van der Waals surface area contributed by atoms with Crippen LogP contribution in [-0.4, -0.2) is 24.9 Å². The van der Waals surface area contributed by atoms with Crippen LogP contribution in [0.4, 0.5) is 11.4 Å². The van der Waals surface area contributed by atoms with Crippen molar-refractivity contribution in [2.45, 2.75) is 110 Å². The van der Waals surface area contributed by atoms with Gasteiger partial charge in [-0.1, -0.05) is 115 Å². The highest BCUT2D eigenvalue weighted by molar-refractivity contribution is 6.05. The Hall–Kier alpha value is -4.13. The molecule has 0 aliphatic carbocycles. The molecule has 0 atom stereocenters. The number of nitrogens with one attached hydrogen (secondary N) is 2. The van der Waals surface area contributed by atoms with Gasteiger partial charge < -0.3 is 20.1 Å². The lowest BCUT2D eigenvalue weighted by molar-refractivity contribution is -0.116. The van der Waals surface area contributed by atoms with Crippen molar-refractivity contribution in [3.63, 3.8) is 0 Å². The molecule has 3 aromatic rings. The number of carbonyl (C=O) groups is 3. The first-order valence-electron chi connectivity index (χ1n) is 17.2. The van der Waals surface area contributed by atoms with Crippen LogP contribution in [0.5, 0.6) is 11.5 Å². The first-order chi connectivity index (χ1) is 22.5. The van der Waals surface area contributed by atoms with Gasteiger partial charge in [-0.05, 0) is 61.0 Å². The molecule has 0 aliphatic heterocycles. The van der Waals surface area contributed by atoms with Gasteiger partial charge in [0.25, 0.3) is 5.91 Å². The average molecular weight is 629 g/mol.